The maximum Gasteiger partial charge on any atom is 0.219 e. The van der Waals surface area contributed by atoms with E-state index >= 15 is 0 Å². The molecule has 5 heterocycles. The Hall–Kier alpha value is -3.60. The Morgan fingerprint density at radius 3 is 2.61 bits per heavy atom. The second-order valence-corrected chi connectivity index (χ2v) is 10.3. The third-order valence-corrected chi connectivity index (χ3v) is 7.66. The van der Waals surface area contributed by atoms with Crippen molar-refractivity contribution in [3.63, 3.8) is 0 Å². The van der Waals surface area contributed by atoms with Gasteiger partial charge in [0.25, 0.3) is 0 Å². The lowest BCUT2D eigenvalue weighted by Crippen LogP contribution is -2.40. The lowest BCUT2D eigenvalue weighted by molar-refractivity contribution is -0.129. The minimum atomic E-state index is -0.689. The molecule has 3 aliphatic rings. The number of fused-ring (bicyclic) bond motifs is 2. The molecule has 2 aromatic heterocycles. The summed E-state index contributed by atoms with van der Waals surface area (Å²) < 4.78 is 35.5. The van der Waals surface area contributed by atoms with Gasteiger partial charge in [-0.05, 0) is 19.2 Å². The SMILES string of the molecule is CC(=O)N1CCc2nc(N3CCC(Oc4ccc(F)cc4F)CC3)c(-c3cnc4n3CCN(C)C4)nc2C1. The van der Waals surface area contributed by atoms with Gasteiger partial charge in [-0.1, -0.05) is 0 Å². The number of carbonyl (C=O) groups excluding carboxylic acids is 1. The molecule has 200 valence electrons. The van der Waals surface area contributed by atoms with Gasteiger partial charge in [-0.25, -0.2) is 23.7 Å². The number of amides is 1. The van der Waals surface area contributed by atoms with Crippen LogP contribution in [-0.4, -0.2) is 74.6 Å². The number of ether oxygens (including phenoxy) is 1. The molecule has 0 spiro atoms. The fraction of sp³-hybridized carbons (Fsp3) is 0.481. The molecule has 1 amide bonds. The number of benzene rings is 1. The van der Waals surface area contributed by atoms with E-state index in [-0.39, 0.29) is 17.8 Å². The van der Waals surface area contributed by atoms with Crippen LogP contribution in [0.3, 0.4) is 0 Å². The molecule has 0 bridgehead atoms. The van der Waals surface area contributed by atoms with E-state index < -0.39 is 11.6 Å². The molecule has 38 heavy (non-hydrogen) atoms. The summed E-state index contributed by atoms with van der Waals surface area (Å²) >= 11 is 0. The Morgan fingerprint density at radius 2 is 1.84 bits per heavy atom. The summed E-state index contributed by atoms with van der Waals surface area (Å²) in [6.07, 6.45) is 3.70. The van der Waals surface area contributed by atoms with Gasteiger partial charge in [0, 0.05) is 65.0 Å². The molecule has 1 aromatic carbocycles. The molecule has 3 aliphatic heterocycles. The predicted molar refractivity (Wildman–Crippen MR) is 137 cm³/mol. The third-order valence-electron chi connectivity index (χ3n) is 7.66. The predicted octanol–water partition coefficient (Wildman–Crippen LogP) is 3.02. The average molecular weight is 524 g/mol. The highest BCUT2D eigenvalue weighted by Crippen LogP contribution is 2.34. The molecule has 9 nitrogen and oxygen atoms in total. The van der Waals surface area contributed by atoms with Crippen molar-refractivity contribution in [3.8, 4) is 17.1 Å². The molecule has 0 N–H and O–H groups in total. The first-order chi connectivity index (χ1) is 18.4. The average Bonchev–Trinajstić information content (AvgIpc) is 3.32. The van der Waals surface area contributed by atoms with Crippen LogP contribution in [0.15, 0.2) is 24.4 Å². The van der Waals surface area contributed by atoms with Crippen LogP contribution < -0.4 is 9.64 Å². The zero-order chi connectivity index (χ0) is 26.4. The van der Waals surface area contributed by atoms with E-state index in [0.29, 0.717) is 45.4 Å². The molecule has 3 aromatic rings. The van der Waals surface area contributed by atoms with Crippen LogP contribution in [0, 0.1) is 11.6 Å². The Balaban J connectivity index is 1.29. The first-order valence-corrected chi connectivity index (χ1v) is 13.1. The van der Waals surface area contributed by atoms with Crippen LogP contribution >= 0.6 is 0 Å². The summed E-state index contributed by atoms with van der Waals surface area (Å²) in [6, 6.07) is 3.39. The number of rotatable bonds is 4. The number of hydrogen-bond donors (Lipinski definition) is 0. The van der Waals surface area contributed by atoms with E-state index in [4.69, 9.17) is 14.7 Å². The second-order valence-electron chi connectivity index (χ2n) is 10.3. The number of hydrogen-bond acceptors (Lipinski definition) is 7. The Morgan fingerprint density at radius 1 is 1.03 bits per heavy atom. The highest BCUT2D eigenvalue weighted by atomic mass is 19.1. The van der Waals surface area contributed by atoms with Gasteiger partial charge < -0.3 is 19.1 Å². The molecular weight excluding hydrogens is 492 g/mol. The summed E-state index contributed by atoms with van der Waals surface area (Å²) in [6.45, 7) is 6.50. The number of piperidine rings is 1. The quantitative estimate of drug-likeness (QED) is 0.520. The Kier molecular flexibility index (Phi) is 6.46. The highest BCUT2D eigenvalue weighted by Gasteiger charge is 2.30. The van der Waals surface area contributed by atoms with Crippen molar-refractivity contribution in [3.05, 3.63) is 53.2 Å². The zero-order valence-electron chi connectivity index (χ0n) is 21.7. The molecule has 11 heteroatoms. The smallest absolute Gasteiger partial charge is 0.219 e. The highest BCUT2D eigenvalue weighted by molar-refractivity contribution is 5.74. The second kappa shape index (κ2) is 9.94. The van der Waals surface area contributed by atoms with Gasteiger partial charge in [0.2, 0.25) is 5.91 Å². The summed E-state index contributed by atoms with van der Waals surface area (Å²) in [4.78, 5) is 33.2. The molecule has 0 saturated carbocycles. The topological polar surface area (TPSA) is 79.6 Å². The zero-order valence-corrected chi connectivity index (χ0v) is 21.7. The summed E-state index contributed by atoms with van der Waals surface area (Å²) in [5, 5.41) is 0. The molecule has 1 fully saturated rings. The van der Waals surface area contributed by atoms with Gasteiger partial charge in [0.1, 0.15) is 23.4 Å². The van der Waals surface area contributed by atoms with E-state index in [9.17, 15) is 13.6 Å². The molecule has 1 saturated heterocycles. The molecule has 0 unspecified atom stereocenters. The standard InChI is InChI=1S/C27H31F2N7O2/c1-17(37)35-10-7-21-22(15-35)31-26(23-14-30-25-16-33(2)11-12-36(23)25)27(32-21)34-8-5-19(6-9-34)38-24-4-3-18(28)13-20(24)29/h3-4,13-14,19H,5-12,15-16H2,1-2H3. The number of likely N-dealkylation sites (N-methyl/N-ethyl adjacent to an activating group) is 1. The van der Waals surface area contributed by atoms with E-state index in [1.807, 2.05) is 6.20 Å². The number of halogens is 2. The molecule has 0 aliphatic carbocycles. The van der Waals surface area contributed by atoms with Crippen molar-refractivity contribution < 1.29 is 18.3 Å². The molecule has 0 radical (unpaired) electrons. The van der Waals surface area contributed by atoms with Gasteiger partial charge in [-0.3, -0.25) is 9.69 Å². The number of nitrogens with zero attached hydrogens (tertiary/aromatic N) is 7. The van der Waals surface area contributed by atoms with Gasteiger partial charge in [-0.15, -0.1) is 0 Å². The van der Waals surface area contributed by atoms with Crippen molar-refractivity contribution in [2.75, 3.05) is 38.1 Å². The molecule has 0 atom stereocenters. The Labute approximate surface area is 220 Å². The van der Waals surface area contributed by atoms with Crippen LogP contribution in [-0.2, 0) is 30.8 Å². The largest absolute Gasteiger partial charge is 0.487 e. The minimum Gasteiger partial charge on any atom is -0.487 e. The maximum absolute atomic E-state index is 14.1. The van der Waals surface area contributed by atoms with Crippen molar-refractivity contribution in [1.29, 1.82) is 0 Å². The van der Waals surface area contributed by atoms with E-state index in [0.717, 1.165) is 60.1 Å². The number of carbonyl (C=O) groups is 1. The summed E-state index contributed by atoms with van der Waals surface area (Å²) in [5.41, 5.74) is 3.47. The lowest BCUT2D eigenvalue weighted by atomic mass is 10.1. The number of imidazole rings is 1. The first kappa shape index (κ1) is 24.7. The van der Waals surface area contributed by atoms with Gasteiger partial charge in [0.05, 0.1) is 36.4 Å². The lowest BCUT2D eigenvalue weighted by Gasteiger charge is -2.35. The fourth-order valence-corrected chi connectivity index (χ4v) is 5.49. The van der Waals surface area contributed by atoms with Crippen molar-refractivity contribution in [2.45, 2.75) is 51.9 Å². The van der Waals surface area contributed by atoms with E-state index in [2.05, 4.69) is 26.4 Å². The molecular formula is C27H31F2N7O2. The van der Waals surface area contributed by atoms with Crippen LogP contribution in [0.25, 0.3) is 11.4 Å². The fourth-order valence-electron chi connectivity index (χ4n) is 5.49. The van der Waals surface area contributed by atoms with Crippen LogP contribution in [0.2, 0.25) is 0 Å². The number of aromatic nitrogens is 4. The first-order valence-electron chi connectivity index (χ1n) is 13.1. The van der Waals surface area contributed by atoms with Crippen molar-refractivity contribution in [2.24, 2.45) is 0 Å². The normalized spacial score (nSPS) is 18.3. The summed E-state index contributed by atoms with van der Waals surface area (Å²) in [7, 11) is 2.09. The maximum atomic E-state index is 14.1. The van der Waals surface area contributed by atoms with Crippen molar-refractivity contribution in [1.82, 2.24) is 29.3 Å². The number of anilines is 1. The minimum absolute atomic E-state index is 0.0347. The van der Waals surface area contributed by atoms with Crippen LogP contribution in [0.5, 0.6) is 5.75 Å². The van der Waals surface area contributed by atoms with Gasteiger partial charge >= 0.3 is 0 Å². The monoisotopic (exact) mass is 523 g/mol. The van der Waals surface area contributed by atoms with Gasteiger partial charge in [0.15, 0.2) is 17.4 Å². The van der Waals surface area contributed by atoms with Gasteiger partial charge in [-0.2, -0.15) is 0 Å². The Bertz CT molecular complexity index is 1370. The van der Waals surface area contributed by atoms with Crippen LogP contribution in [0.4, 0.5) is 14.6 Å². The van der Waals surface area contributed by atoms with E-state index in [1.165, 1.54) is 12.1 Å². The van der Waals surface area contributed by atoms with Crippen molar-refractivity contribution >= 4 is 11.7 Å². The summed E-state index contributed by atoms with van der Waals surface area (Å²) in [5.74, 6) is 0.609. The van der Waals surface area contributed by atoms with Crippen LogP contribution in [0.1, 0.15) is 37.0 Å². The third kappa shape index (κ3) is 4.70. The molecule has 6 rings (SSSR count). The van der Waals surface area contributed by atoms with E-state index in [1.54, 1.807) is 11.8 Å².